The minimum absolute atomic E-state index is 0.143. The molecule has 0 saturated carbocycles. The molecule has 1 aromatic heterocycles. The molecule has 0 bridgehead atoms. The number of benzene rings is 1. The Morgan fingerprint density at radius 3 is 2.72 bits per heavy atom. The Bertz CT molecular complexity index is 602. The lowest BCUT2D eigenvalue weighted by Gasteiger charge is -2.08. The standard InChI is InChI=1S/C12H10ClN3O2/c1-7-4-11(15-6-14-7)16-10-3-2-8(12(17)18)5-9(10)13/h2-6H,1H3,(H,17,18)(H,14,15,16). The van der Waals surface area contributed by atoms with Crippen molar-refractivity contribution in [3.63, 3.8) is 0 Å². The van der Waals surface area contributed by atoms with Crippen molar-refractivity contribution in [2.75, 3.05) is 5.32 Å². The van der Waals surface area contributed by atoms with Crippen LogP contribution in [0.4, 0.5) is 11.5 Å². The van der Waals surface area contributed by atoms with Gasteiger partial charge in [0.25, 0.3) is 0 Å². The highest BCUT2D eigenvalue weighted by Gasteiger charge is 2.07. The zero-order chi connectivity index (χ0) is 13.1. The first-order valence-electron chi connectivity index (χ1n) is 5.15. The molecule has 2 aromatic rings. The molecule has 1 heterocycles. The molecular weight excluding hydrogens is 254 g/mol. The number of carbonyl (C=O) groups is 1. The molecule has 18 heavy (non-hydrogen) atoms. The molecule has 1 aromatic carbocycles. The Morgan fingerprint density at radius 2 is 2.11 bits per heavy atom. The van der Waals surface area contributed by atoms with E-state index in [0.717, 1.165) is 5.69 Å². The van der Waals surface area contributed by atoms with E-state index in [-0.39, 0.29) is 5.56 Å². The highest BCUT2D eigenvalue weighted by atomic mass is 35.5. The molecule has 6 heteroatoms. The molecule has 0 aliphatic heterocycles. The number of nitrogens with zero attached hydrogens (tertiary/aromatic N) is 2. The fourth-order valence-electron chi connectivity index (χ4n) is 1.41. The summed E-state index contributed by atoms with van der Waals surface area (Å²) in [5.41, 5.74) is 1.56. The summed E-state index contributed by atoms with van der Waals surface area (Å²) in [5, 5.41) is 12.2. The number of carboxylic acids is 1. The van der Waals surface area contributed by atoms with E-state index in [4.69, 9.17) is 16.7 Å². The van der Waals surface area contributed by atoms with Gasteiger partial charge in [-0.15, -0.1) is 0 Å². The van der Waals surface area contributed by atoms with Gasteiger partial charge in [-0.05, 0) is 25.1 Å². The summed E-state index contributed by atoms with van der Waals surface area (Å²) in [4.78, 5) is 18.8. The van der Waals surface area contributed by atoms with Crippen molar-refractivity contribution in [1.29, 1.82) is 0 Å². The van der Waals surface area contributed by atoms with Crippen LogP contribution in [0, 0.1) is 6.92 Å². The van der Waals surface area contributed by atoms with E-state index in [1.807, 2.05) is 6.92 Å². The summed E-state index contributed by atoms with van der Waals surface area (Å²) >= 11 is 5.99. The van der Waals surface area contributed by atoms with E-state index in [1.165, 1.54) is 18.5 Å². The Labute approximate surface area is 108 Å². The van der Waals surface area contributed by atoms with Gasteiger partial charge >= 0.3 is 5.97 Å². The smallest absolute Gasteiger partial charge is 0.335 e. The van der Waals surface area contributed by atoms with Crippen LogP contribution in [0.15, 0.2) is 30.6 Å². The minimum atomic E-state index is -1.01. The van der Waals surface area contributed by atoms with Crippen molar-refractivity contribution in [1.82, 2.24) is 9.97 Å². The van der Waals surface area contributed by atoms with Crippen molar-refractivity contribution in [3.05, 3.63) is 46.9 Å². The molecule has 0 saturated heterocycles. The number of hydrogen-bond acceptors (Lipinski definition) is 4. The number of aromatic nitrogens is 2. The second-order valence-electron chi connectivity index (χ2n) is 3.67. The lowest BCUT2D eigenvalue weighted by molar-refractivity contribution is 0.0697. The van der Waals surface area contributed by atoms with Crippen LogP contribution in [0.25, 0.3) is 0 Å². The van der Waals surface area contributed by atoms with E-state index in [9.17, 15) is 4.79 Å². The number of aryl methyl sites for hydroxylation is 1. The molecule has 0 aliphatic rings. The van der Waals surface area contributed by atoms with Crippen LogP contribution in [-0.4, -0.2) is 21.0 Å². The number of hydrogen-bond donors (Lipinski definition) is 2. The molecule has 0 fully saturated rings. The van der Waals surface area contributed by atoms with Gasteiger partial charge in [0.15, 0.2) is 0 Å². The number of nitrogens with one attached hydrogen (secondary N) is 1. The normalized spacial score (nSPS) is 10.1. The van der Waals surface area contributed by atoms with Crippen molar-refractivity contribution in [2.24, 2.45) is 0 Å². The molecule has 5 nitrogen and oxygen atoms in total. The predicted octanol–water partition coefficient (Wildman–Crippen LogP) is 2.88. The van der Waals surface area contributed by atoms with Gasteiger partial charge in [0.1, 0.15) is 12.1 Å². The Balaban J connectivity index is 2.27. The number of halogens is 1. The maximum Gasteiger partial charge on any atom is 0.335 e. The van der Waals surface area contributed by atoms with Gasteiger partial charge in [-0.3, -0.25) is 0 Å². The Morgan fingerprint density at radius 1 is 1.33 bits per heavy atom. The second-order valence-corrected chi connectivity index (χ2v) is 4.08. The first-order valence-corrected chi connectivity index (χ1v) is 5.52. The van der Waals surface area contributed by atoms with E-state index >= 15 is 0 Å². The number of anilines is 2. The number of rotatable bonds is 3. The first kappa shape index (κ1) is 12.3. The fraction of sp³-hybridized carbons (Fsp3) is 0.0833. The second kappa shape index (κ2) is 5.01. The van der Waals surface area contributed by atoms with Gasteiger partial charge in [-0.25, -0.2) is 14.8 Å². The average Bonchev–Trinajstić information content (AvgIpc) is 2.31. The van der Waals surface area contributed by atoms with Crippen LogP contribution in [0.1, 0.15) is 16.1 Å². The van der Waals surface area contributed by atoms with E-state index in [0.29, 0.717) is 16.5 Å². The third-order valence-electron chi connectivity index (χ3n) is 2.28. The first-order chi connectivity index (χ1) is 8.56. The molecular formula is C12H10ClN3O2. The number of carboxylic acid groups (broad SMARTS) is 1. The van der Waals surface area contributed by atoms with Crippen LogP contribution in [0.3, 0.4) is 0 Å². The van der Waals surface area contributed by atoms with Gasteiger partial charge in [0.05, 0.1) is 16.3 Å². The molecule has 0 unspecified atom stereocenters. The third kappa shape index (κ3) is 2.75. The topological polar surface area (TPSA) is 75.1 Å². The van der Waals surface area contributed by atoms with Crippen molar-refractivity contribution in [3.8, 4) is 0 Å². The molecule has 2 N–H and O–H groups in total. The predicted molar refractivity (Wildman–Crippen MR) is 68.5 cm³/mol. The van der Waals surface area contributed by atoms with Gasteiger partial charge in [0.2, 0.25) is 0 Å². The van der Waals surface area contributed by atoms with Crippen molar-refractivity contribution in [2.45, 2.75) is 6.92 Å². The molecule has 0 spiro atoms. The molecule has 0 aliphatic carbocycles. The molecule has 92 valence electrons. The van der Waals surface area contributed by atoms with Gasteiger partial charge < -0.3 is 10.4 Å². The van der Waals surface area contributed by atoms with Crippen LogP contribution in [0.2, 0.25) is 5.02 Å². The Hall–Kier alpha value is -2.14. The summed E-state index contributed by atoms with van der Waals surface area (Å²) in [5.74, 6) is -0.409. The lowest BCUT2D eigenvalue weighted by atomic mass is 10.2. The van der Waals surface area contributed by atoms with E-state index in [2.05, 4.69) is 15.3 Å². The fourth-order valence-corrected chi connectivity index (χ4v) is 1.64. The molecule has 0 amide bonds. The summed E-state index contributed by atoms with van der Waals surface area (Å²) in [6.07, 6.45) is 1.44. The largest absolute Gasteiger partial charge is 0.478 e. The van der Waals surface area contributed by atoms with Crippen LogP contribution in [-0.2, 0) is 0 Å². The van der Waals surface area contributed by atoms with Crippen LogP contribution >= 0.6 is 11.6 Å². The van der Waals surface area contributed by atoms with E-state index < -0.39 is 5.97 Å². The maximum absolute atomic E-state index is 10.8. The maximum atomic E-state index is 10.8. The van der Waals surface area contributed by atoms with Gasteiger partial charge in [0, 0.05) is 11.8 Å². The van der Waals surface area contributed by atoms with E-state index in [1.54, 1.807) is 12.1 Å². The van der Waals surface area contributed by atoms with Crippen molar-refractivity contribution >= 4 is 29.1 Å². The lowest BCUT2D eigenvalue weighted by Crippen LogP contribution is -1.99. The molecule has 0 radical (unpaired) electrons. The summed E-state index contributed by atoms with van der Waals surface area (Å²) < 4.78 is 0. The van der Waals surface area contributed by atoms with Crippen LogP contribution in [0.5, 0.6) is 0 Å². The summed E-state index contributed by atoms with van der Waals surface area (Å²) in [6, 6.07) is 6.23. The average molecular weight is 264 g/mol. The Kier molecular flexibility index (Phi) is 3.43. The van der Waals surface area contributed by atoms with Gasteiger partial charge in [-0.1, -0.05) is 11.6 Å². The zero-order valence-corrected chi connectivity index (χ0v) is 10.3. The third-order valence-corrected chi connectivity index (χ3v) is 2.60. The summed E-state index contributed by atoms with van der Waals surface area (Å²) in [6.45, 7) is 1.85. The highest BCUT2D eigenvalue weighted by molar-refractivity contribution is 6.33. The zero-order valence-electron chi connectivity index (χ0n) is 9.51. The van der Waals surface area contributed by atoms with Crippen molar-refractivity contribution < 1.29 is 9.90 Å². The quantitative estimate of drug-likeness (QED) is 0.891. The molecule has 2 rings (SSSR count). The molecule has 0 atom stereocenters. The monoisotopic (exact) mass is 263 g/mol. The minimum Gasteiger partial charge on any atom is -0.478 e. The highest BCUT2D eigenvalue weighted by Crippen LogP contribution is 2.25. The SMILES string of the molecule is Cc1cc(Nc2ccc(C(=O)O)cc2Cl)ncn1. The number of aromatic carboxylic acids is 1. The van der Waals surface area contributed by atoms with Crippen LogP contribution < -0.4 is 5.32 Å². The van der Waals surface area contributed by atoms with Gasteiger partial charge in [-0.2, -0.15) is 0 Å². The summed E-state index contributed by atoms with van der Waals surface area (Å²) in [7, 11) is 0.